The molecular weight excluding hydrogens is 735 g/mol. The molecule has 0 radical (unpaired) electrons. The van der Waals surface area contributed by atoms with Crippen molar-refractivity contribution in [2.24, 2.45) is 17.8 Å². The first-order valence-electron chi connectivity index (χ1n) is 18.2. The van der Waals surface area contributed by atoms with Crippen molar-refractivity contribution in [1.29, 1.82) is 0 Å². The van der Waals surface area contributed by atoms with E-state index in [-0.39, 0.29) is 24.3 Å². The lowest BCUT2D eigenvalue weighted by atomic mass is 9.61. The topological polar surface area (TPSA) is 186 Å². The highest BCUT2D eigenvalue weighted by molar-refractivity contribution is 6.30. The molecular formula is C36H40Cl2N12O4. The summed E-state index contributed by atoms with van der Waals surface area (Å²) >= 11 is 12.2. The number of carbonyl (C=O) groups is 2. The van der Waals surface area contributed by atoms with Crippen LogP contribution < -0.4 is 20.4 Å². The van der Waals surface area contributed by atoms with E-state index in [0.717, 1.165) is 30.4 Å². The molecule has 0 aromatic carbocycles. The molecule has 2 saturated carbocycles. The minimum Gasteiger partial charge on any atom is -0.440 e. The van der Waals surface area contributed by atoms with Gasteiger partial charge in [-0.05, 0) is 118 Å². The van der Waals surface area contributed by atoms with Crippen molar-refractivity contribution in [1.82, 2.24) is 40.8 Å². The van der Waals surface area contributed by atoms with Crippen LogP contribution in [-0.4, -0.2) is 89.9 Å². The Kier molecular flexibility index (Phi) is 9.81. The van der Waals surface area contributed by atoms with E-state index in [2.05, 4.69) is 51.4 Å². The first-order valence-corrected chi connectivity index (χ1v) is 18.9. The van der Waals surface area contributed by atoms with Crippen molar-refractivity contribution in [2.75, 3.05) is 40.1 Å². The lowest BCUT2D eigenvalue weighted by Crippen LogP contribution is -2.62. The Morgan fingerprint density at radius 1 is 0.778 bits per heavy atom. The average Bonchev–Trinajstić information content (AvgIpc) is 3.66. The highest BCUT2D eigenvalue weighted by atomic mass is 35.5. The minimum atomic E-state index is -0.961. The smallest absolute Gasteiger partial charge is 0.416 e. The second kappa shape index (κ2) is 14.7. The molecule has 6 heterocycles. The van der Waals surface area contributed by atoms with E-state index in [4.69, 9.17) is 32.7 Å². The highest BCUT2D eigenvalue weighted by Gasteiger charge is 2.66. The fourth-order valence-electron chi connectivity index (χ4n) is 8.73. The molecule has 2 amide bonds. The molecule has 2 spiro atoms. The lowest BCUT2D eigenvalue weighted by molar-refractivity contribution is -0.0860. The Morgan fingerprint density at radius 3 is 2.17 bits per heavy atom. The molecule has 4 aromatic rings. The van der Waals surface area contributed by atoms with E-state index in [1.165, 1.54) is 0 Å². The fraction of sp³-hybridized carbons (Fsp3) is 0.500. The van der Waals surface area contributed by atoms with E-state index in [0.29, 0.717) is 72.4 Å². The molecule has 2 aliphatic heterocycles. The Balaban J connectivity index is 1.12. The highest BCUT2D eigenvalue weighted by Crippen LogP contribution is 2.55. The standard InChI is InChI=1S/C36H40Cl2N12O4/c1-21-16-27(44-47-31(21)38)39-19-24-9-12-36(20-49(33(51)53-36)28-5-3-13-41-45-28)25(17-24)30-35(54-34(52)50(30)29-6-4-14-42-46-29)10-7-23(8-11-35)18-40-32-22(2)15-26(37)43-48-32/h3-6,13-16,23-25,30H,7-12,17-20H2,1-2H3,(H,39,44)(H,40,48)/t23?,24?,25?,30-,35?,36?/m1/s1. The SMILES string of the molecule is Cc1cc(NCC2CCC3(CN(c4cccnn4)C(=O)O3)C([C@H]3N(c4cccnn4)C(=O)OC34CCC(CNc3nnc(Cl)cc3C)CC4)C2)nnc1Cl. The van der Waals surface area contributed by atoms with Gasteiger partial charge in [-0.2, -0.15) is 10.2 Å². The fourth-order valence-corrected chi connectivity index (χ4v) is 9.03. The quantitative estimate of drug-likeness (QED) is 0.200. The van der Waals surface area contributed by atoms with Gasteiger partial charge < -0.3 is 20.1 Å². The molecule has 18 heteroatoms. The number of carbonyl (C=O) groups excluding carboxylic acids is 2. The van der Waals surface area contributed by atoms with Gasteiger partial charge in [-0.3, -0.25) is 9.80 Å². The normalized spacial score (nSPS) is 28.0. The Labute approximate surface area is 321 Å². The third-order valence-corrected chi connectivity index (χ3v) is 12.0. The van der Waals surface area contributed by atoms with Crippen molar-refractivity contribution in [3.63, 3.8) is 0 Å². The Morgan fingerprint density at radius 2 is 1.46 bits per heavy atom. The number of aryl methyl sites for hydroxylation is 2. The number of ether oxygens (including phenoxy) is 2. The van der Waals surface area contributed by atoms with Crippen molar-refractivity contribution >= 4 is 58.7 Å². The second-order valence-electron chi connectivity index (χ2n) is 14.8. The van der Waals surface area contributed by atoms with E-state index < -0.39 is 29.4 Å². The number of rotatable bonds is 9. The molecule has 4 aromatic heterocycles. The van der Waals surface area contributed by atoms with Gasteiger partial charge in [0.05, 0.1) is 12.6 Å². The van der Waals surface area contributed by atoms with Gasteiger partial charge >= 0.3 is 12.2 Å². The van der Waals surface area contributed by atoms with E-state index >= 15 is 0 Å². The van der Waals surface area contributed by atoms with Crippen molar-refractivity contribution in [3.05, 3.63) is 70.2 Å². The molecule has 2 saturated heterocycles. The van der Waals surface area contributed by atoms with E-state index in [1.54, 1.807) is 52.5 Å². The number of nitrogens with zero attached hydrogens (tertiary/aromatic N) is 10. The van der Waals surface area contributed by atoms with Crippen LogP contribution in [-0.2, 0) is 9.47 Å². The molecule has 4 fully saturated rings. The zero-order valence-corrected chi connectivity index (χ0v) is 31.4. The third kappa shape index (κ3) is 6.92. The lowest BCUT2D eigenvalue weighted by Gasteiger charge is -2.50. The predicted octanol–water partition coefficient (Wildman–Crippen LogP) is 6.06. The summed E-state index contributed by atoms with van der Waals surface area (Å²) in [6.45, 7) is 5.34. The van der Waals surface area contributed by atoms with Crippen molar-refractivity contribution in [3.8, 4) is 0 Å². The van der Waals surface area contributed by atoms with Gasteiger partial charge in [0, 0.05) is 31.4 Å². The van der Waals surface area contributed by atoms with Crippen LogP contribution in [0, 0.1) is 31.6 Å². The Hall–Kier alpha value is -4.96. The third-order valence-electron chi connectivity index (χ3n) is 11.5. The first-order chi connectivity index (χ1) is 26.1. The van der Waals surface area contributed by atoms with Gasteiger partial charge in [-0.15, -0.1) is 30.6 Å². The molecule has 16 nitrogen and oxygen atoms in total. The maximum absolute atomic E-state index is 14.2. The molecule has 2 N–H and O–H groups in total. The summed E-state index contributed by atoms with van der Waals surface area (Å²) in [4.78, 5) is 31.2. The van der Waals surface area contributed by atoms with Gasteiger partial charge in [-0.25, -0.2) is 9.59 Å². The van der Waals surface area contributed by atoms with E-state index in [9.17, 15) is 9.59 Å². The summed E-state index contributed by atoms with van der Waals surface area (Å²) in [6, 6.07) is 10.1. The second-order valence-corrected chi connectivity index (χ2v) is 15.5. The number of nitrogens with one attached hydrogen (secondary N) is 2. The van der Waals surface area contributed by atoms with Crippen LogP contribution in [0.3, 0.4) is 0 Å². The molecule has 8 rings (SSSR count). The van der Waals surface area contributed by atoms with Crippen LogP contribution in [0.25, 0.3) is 0 Å². The predicted molar refractivity (Wildman–Crippen MR) is 199 cm³/mol. The summed E-state index contributed by atoms with van der Waals surface area (Å²) < 4.78 is 13.0. The minimum absolute atomic E-state index is 0.128. The summed E-state index contributed by atoms with van der Waals surface area (Å²) in [6.07, 6.45) is 6.87. The molecule has 0 bridgehead atoms. The van der Waals surface area contributed by atoms with Crippen molar-refractivity contribution in [2.45, 2.75) is 76.0 Å². The zero-order chi connectivity index (χ0) is 37.5. The van der Waals surface area contributed by atoms with Gasteiger partial charge in [0.2, 0.25) is 0 Å². The average molecular weight is 776 g/mol. The first kappa shape index (κ1) is 36.0. The summed E-state index contributed by atoms with van der Waals surface area (Å²) in [7, 11) is 0. The van der Waals surface area contributed by atoms with Crippen LogP contribution in [0.1, 0.15) is 56.1 Å². The maximum Gasteiger partial charge on any atom is 0.416 e. The molecule has 4 atom stereocenters. The zero-order valence-electron chi connectivity index (χ0n) is 29.9. The summed E-state index contributed by atoms with van der Waals surface area (Å²) in [5, 5.41) is 40.9. The van der Waals surface area contributed by atoms with Crippen molar-refractivity contribution < 1.29 is 19.1 Å². The summed E-state index contributed by atoms with van der Waals surface area (Å²) in [5.41, 5.74) is -0.101. The molecule has 3 unspecified atom stereocenters. The number of anilines is 4. The number of hydrogen-bond donors (Lipinski definition) is 2. The van der Waals surface area contributed by atoms with Gasteiger partial charge in [-0.1, -0.05) is 23.2 Å². The monoisotopic (exact) mass is 774 g/mol. The van der Waals surface area contributed by atoms with Crippen LogP contribution in [0.5, 0.6) is 0 Å². The molecule has 54 heavy (non-hydrogen) atoms. The van der Waals surface area contributed by atoms with Gasteiger partial charge in [0.15, 0.2) is 27.8 Å². The number of amides is 2. The van der Waals surface area contributed by atoms with Crippen LogP contribution in [0.2, 0.25) is 10.3 Å². The summed E-state index contributed by atoms with van der Waals surface area (Å²) in [5.74, 6) is 2.18. The van der Waals surface area contributed by atoms with E-state index in [1.807, 2.05) is 19.9 Å². The largest absolute Gasteiger partial charge is 0.440 e. The van der Waals surface area contributed by atoms with Crippen LogP contribution in [0.15, 0.2) is 48.8 Å². The Bertz CT molecular complexity index is 2010. The maximum atomic E-state index is 14.2. The molecule has 2 aliphatic carbocycles. The number of halogens is 2. The molecule has 282 valence electrons. The van der Waals surface area contributed by atoms with Crippen LogP contribution in [0.4, 0.5) is 32.9 Å². The van der Waals surface area contributed by atoms with Crippen LogP contribution >= 0.6 is 23.2 Å². The number of aromatic nitrogens is 8. The number of hydrogen-bond acceptors (Lipinski definition) is 14. The van der Waals surface area contributed by atoms with Gasteiger partial charge in [0.25, 0.3) is 0 Å². The van der Waals surface area contributed by atoms with Gasteiger partial charge in [0.1, 0.15) is 17.0 Å². The molecule has 4 aliphatic rings.